The molecule has 0 aliphatic heterocycles. The molecule has 0 radical (unpaired) electrons. The topological polar surface area (TPSA) is 78.3 Å². The van der Waals surface area contributed by atoms with Crippen LogP contribution in [0.15, 0.2) is 30.6 Å². The maximum atomic E-state index is 13.1. The number of anilines is 1. The zero-order valence-corrected chi connectivity index (χ0v) is 16.2. The molecule has 1 N–H and O–H groups in total. The zero-order chi connectivity index (χ0) is 20.1. The van der Waals surface area contributed by atoms with Crippen LogP contribution in [0.25, 0.3) is 22.2 Å². The number of ether oxygens (including phenoxy) is 2. The minimum absolute atomic E-state index is 0.237. The average Bonchev–Trinajstić information content (AvgIpc) is 3.63. The summed E-state index contributed by atoms with van der Waals surface area (Å²) in [6.45, 7) is 0. The number of carbonyl (C=O) groups is 1. The number of pyridine rings is 2. The third kappa shape index (κ3) is 3.28. The summed E-state index contributed by atoms with van der Waals surface area (Å²) >= 11 is 0. The smallest absolute Gasteiger partial charge is 0.231 e. The highest BCUT2D eigenvalue weighted by Crippen LogP contribution is 2.41. The number of rotatable bonds is 6. The van der Waals surface area contributed by atoms with E-state index in [9.17, 15) is 9.18 Å². The van der Waals surface area contributed by atoms with Gasteiger partial charge in [-0.15, -0.1) is 0 Å². The van der Waals surface area contributed by atoms with Gasteiger partial charge in [-0.1, -0.05) is 0 Å². The monoisotopic (exact) mass is 396 g/mol. The summed E-state index contributed by atoms with van der Waals surface area (Å²) in [5, 5.41) is 3.59. The van der Waals surface area contributed by atoms with Crippen LogP contribution in [-0.4, -0.2) is 39.8 Å². The quantitative estimate of drug-likeness (QED) is 0.690. The minimum Gasteiger partial charge on any atom is -0.489 e. The molecule has 3 aromatic rings. The number of aryl methyl sites for hydroxylation is 1. The van der Waals surface area contributed by atoms with Crippen LogP contribution in [0.4, 0.5) is 10.2 Å². The lowest BCUT2D eigenvalue weighted by atomic mass is 10.1. The second-order valence-corrected chi connectivity index (χ2v) is 7.57. The fourth-order valence-electron chi connectivity index (χ4n) is 3.48. The Kier molecular flexibility index (Phi) is 4.15. The number of aromatic nitrogens is 3. The van der Waals surface area contributed by atoms with Gasteiger partial charge < -0.3 is 19.4 Å². The van der Waals surface area contributed by atoms with Gasteiger partial charge in [0.05, 0.1) is 36.5 Å². The van der Waals surface area contributed by atoms with E-state index in [0.717, 1.165) is 40.8 Å². The van der Waals surface area contributed by atoms with E-state index in [2.05, 4.69) is 15.3 Å². The van der Waals surface area contributed by atoms with Gasteiger partial charge in [-0.25, -0.2) is 14.4 Å². The molecular formula is C21H21FN4O3. The van der Waals surface area contributed by atoms with Crippen LogP contribution < -0.4 is 14.8 Å². The molecule has 5 rings (SSSR count). The van der Waals surface area contributed by atoms with Crippen LogP contribution in [0.3, 0.4) is 0 Å². The standard InChI is InChI=1S/C21H21FN4O3/c1-26-15(19-17(29-12-3-4-12)5-6-23-21(19)28-2)7-11-8-18(24-10-16(11)26)25-20(27)13-9-14(13)22/h5-8,10,12-14H,3-4,9H2,1-2H3,(H,24,25,27)/t13-,14+/m1/s1. The highest BCUT2D eigenvalue weighted by atomic mass is 19.1. The number of amides is 1. The first-order chi connectivity index (χ1) is 14.0. The van der Waals surface area contributed by atoms with Crippen molar-refractivity contribution in [2.24, 2.45) is 13.0 Å². The Morgan fingerprint density at radius 3 is 2.79 bits per heavy atom. The van der Waals surface area contributed by atoms with Gasteiger partial charge in [0.15, 0.2) is 0 Å². The number of hydrogen-bond acceptors (Lipinski definition) is 5. The van der Waals surface area contributed by atoms with Crippen LogP contribution >= 0.6 is 0 Å². The van der Waals surface area contributed by atoms with Crippen molar-refractivity contribution < 1.29 is 18.7 Å². The molecule has 2 atom stereocenters. The maximum Gasteiger partial charge on any atom is 0.231 e. The second-order valence-electron chi connectivity index (χ2n) is 7.57. The lowest BCUT2D eigenvalue weighted by Crippen LogP contribution is -2.15. The SMILES string of the molecule is COc1nccc(OC2CC2)c1-c1cc2cc(NC(=O)[C@@H]3C[C@@H]3F)ncc2n1C. The van der Waals surface area contributed by atoms with E-state index in [1.807, 2.05) is 23.7 Å². The number of nitrogens with one attached hydrogen (secondary N) is 1. The highest BCUT2D eigenvalue weighted by molar-refractivity contribution is 5.96. The summed E-state index contributed by atoms with van der Waals surface area (Å²) in [6, 6.07) is 5.62. The first kappa shape index (κ1) is 17.9. The summed E-state index contributed by atoms with van der Waals surface area (Å²) in [5.41, 5.74) is 2.54. The molecule has 0 spiro atoms. The third-order valence-electron chi connectivity index (χ3n) is 5.37. The van der Waals surface area contributed by atoms with Crippen molar-refractivity contribution in [3.63, 3.8) is 0 Å². The van der Waals surface area contributed by atoms with E-state index >= 15 is 0 Å². The Morgan fingerprint density at radius 2 is 2.10 bits per heavy atom. The van der Waals surface area contributed by atoms with E-state index in [1.54, 1.807) is 25.6 Å². The van der Waals surface area contributed by atoms with Crippen LogP contribution in [0.1, 0.15) is 19.3 Å². The molecule has 0 aromatic carbocycles. The van der Waals surface area contributed by atoms with Gasteiger partial charge >= 0.3 is 0 Å². The molecule has 150 valence electrons. The Bertz CT molecular complexity index is 1110. The molecule has 0 bridgehead atoms. The summed E-state index contributed by atoms with van der Waals surface area (Å²) in [6.07, 6.45) is 4.95. The van der Waals surface area contributed by atoms with Crippen molar-refractivity contribution in [2.45, 2.75) is 31.5 Å². The first-order valence-corrected chi connectivity index (χ1v) is 9.65. The summed E-state index contributed by atoms with van der Waals surface area (Å²) in [7, 11) is 3.52. The third-order valence-corrected chi connectivity index (χ3v) is 5.37. The molecule has 3 heterocycles. The first-order valence-electron chi connectivity index (χ1n) is 9.65. The predicted molar refractivity (Wildman–Crippen MR) is 106 cm³/mol. The highest BCUT2D eigenvalue weighted by Gasteiger charge is 2.43. The molecule has 0 unspecified atom stereocenters. The number of halogens is 1. The molecule has 8 heteroatoms. The van der Waals surface area contributed by atoms with Crippen LogP contribution in [0, 0.1) is 5.92 Å². The summed E-state index contributed by atoms with van der Waals surface area (Å²) in [5.74, 6) is 0.745. The molecule has 7 nitrogen and oxygen atoms in total. The van der Waals surface area contributed by atoms with Crippen LogP contribution in [-0.2, 0) is 11.8 Å². The summed E-state index contributed by atoms with van der Waals surface area (Å²) < 4.78 is 26.7. The molecule has 2 fully saturated rings. The van der Waals surface area contributed by atoms with Crippen molar-refractivity contribution in [1.29, 1.82) is 0 Å². The van der Waals surface area contributed by atoms with Gasteiger partial charge in [0.1, 0.15) is 23.3 Å². The van der Waals surface area contributed by atoms with Gasteiger partial charge in [0, 0.05) is 18.6 Å². The fourth-order valence-corrected chi connectivity index (χ4v) is 3.48. The molecule has 0 saturated heterocycles. The predicted octanol–water partition coefficient (Wildman–Crippen LogP) is 3.48. The molecular weight excluding hydrogens is 375 g/mol. The van der Waals surface area contributed by atoms with Crippen molar-refractivity contribution in [3.05, 3.63) is 30.6 Å². The molecule has 2 saturated carbocycles. The molecule has 29 heavy (non-hydrogen) atoms. The number of fused-ring (bicyclic) bond motifs is 1. The van der Waals surface area contributed by atoms with E-state index in [4.69, 9.17) is 9.47 Å². The Balaban J connectivity index is 1.54. The van der Waals surface area contributed by atoms with Crippen molar-refractivity contribution >= 4 is 22.6 Å². The van der Waals surface area contributed by atoms with Crippen molar-refractivity contribution in [3.8, 4) is 22.9 Å². The number of methoxy groups -OCH3 is 1. The Hall–Kier alpha value is -3.16. The lowest BCUT2D eigenvalue weighted by molar-refractivity contribution is -0.117. The molecule has 1 amide bonds. The normalized spacial score (nSPS) is 20.5. The van der Waals surface area contributed by atoms with Gasteiger partial charge in [-0.2, -0.15) is 0 Å². The van der Waals surface area contributed by atoms with E-state index in [-0.39, 0.29) is 18.4 Å². The second kappa shape index (κ2) is 6.72. The fraction of sp³-hybridized carbons (Fsp3) is 0.381. The Labute approximate surface area is 166 Å². The number of hydrogen-bond donors (Lipinski definition) is 1. The zero-order valence-electron chi connectivity index (χ0n) is 16.2. The van der Waals surface area contributed by atoms with Gasteiger partial charge in [-0.05, 0) is 37.5 Å². The van der Waals surface area contributed by atoms with Crippen LogP contribution in [0.2, 0.25) is 0 Å². The molecule has 2 aliphatic carbocycles. The van der Waals surface area contributed by atoms with Crippen molar-refractivity contribution in [1.82, 2.24) is 14.5 Å². The lowest BCUT2D eigenvalue weighted by Gasteiger charge is -2.14. The minimum atomic E-state index is -1.04. The van der Waals surface area contributed by atoms with Gasteiger partial charge in [-0.3, -0.25) is 4.79 Å². The number of nitrogens with zero attached hydrogens (tertiary/aromatic N) is 3. The van der Waals surface area contributed by atoms with Gasteiger partial charge in [0.2, 0.25) is 11.8 Å². The number of alkyl halides is 1. The van der Waals surface area contributed by atoms with E-state index < -0.39 is 12.1 Å². The van der Waals surface area contributed by atoms with E-state index in [0.29, 0.717) is 11.7 Å². The number of carbonyl (C=O) groups excluding carboxylic acids is 1. The summed E-state index contributed by atoms with van der Waals surface area (Å²) in [4.78, 5) is 20.7. The molecule has 2 aliphatic rings. The van der Waals surface area contributed by atoms with Gasteiger partial charge in [0.25, 0.3) is 0 Å². The maximum absolute atomic E-state index is 13.1. The molecule has 3 aromatic heterocycles. The largest absolute Gasteiger partial charge is 0.489 e. The average molecular weight is 396 g/mol. The van der Waals surface area contributed by atoms with E-state index in [1.165, 1.54) is 0 Å². The Morgan fingerprint density at radius 1 is 1.31 bits per heavy atom. The van der Waals surface area contributed by atoms with Crippen LogP contribution in [0.5, 0.6) is 11.6 Å². The van der Waals surface area contributed by atoms with Crippen molar-refractivity contribution in [2.75, 3.05) is 12.4 Å².